The Morgan fingerprint density at radius 3 is 1.00 bits per heavy atom. The molecule has 4 aliphatic rings. The molecule has 0 spiro atoms. The second-order valence-corrected chi connectivity index (χ2v) is 19.6. The van der Waals surface area contributed by atoms with E-state index in [-0.39, 0.29) is 0 Å². The lowest BCUT2D eigenvalue weighted by atomic mass is 9.67. The molecule has 0 bridgehead atoms. The Labute approximate surface area is 378 Å². The van der Waals surface area contributed by atoms with E-state index in [1.807, 2.05) is 0 Å². The fraction of sp³-hybridized carbons (Fsp3) is 0.737. The summed E-state index contributed by atoms with van der Waals surface area (Å²) >= 11 is 5.06. The summed E-state index contributed by atoms with van der Waals surface area (Å²) in [5, 5.41) is 180. The van der Waals surface area contributed by atoms with Crippen molar-refractivity contribution in [3.8, 4) is 0 Å². The summed E-state index contributed by atoms with van der Waals surface area (Å²) in [6.45, 7) is -2.94. The first kappa shape index (κ1) is 54.4. The molecular formula is C38H54O26S2. The van der Waals surface area contributed by atoms with E-state index in [9.17, 15) is 110 Å². The molecule has 21 atom stereocenters. The first-order valence-electron chi connectivity index (χ1n) is 20.0. The number of ketones is 4. The van der Waals surface area contributed by atoms with Crippen molar-refractivity contribution >= 4 is 43.1 Å². The zero-order valence-corrected chi connectivity index (χ0v) is 36.9. The summed E-state index contributed by atoms with van der Waals surface area (Å²) in [4.78, 5) is 53.1. The maximum atomic E-state index is 14.6. The van der Waals surface area contributed by atoms with E-state index >= 15 is 0 Å². The molecular weight excluding hydrogens is 937 g/mol. The zero-order chi connectivity index (χ0) is 50.3. The average molecular weight is 991 g/mol. The highest BCUT2D eigenvalue weighted by Crippen LogP contribution is 2.57. The van der Waals surface area contributed by atoms with Gasteiger partial charge in [0.05, 0.1) is 31.3 Å². The number of carbonyl (C=O) groups is 4. The maximum absolute atomic E-state index is 14.6. The Bertz CT molecular complexity index is 2180. The number of benzene rings is 1. The van der Waals surface area contributed by atoms with Gasteiger partial charge >= 0.3 is 0 Å². The highest BCUT2D eigenvalue weighted by atomic mass is 32.8. The van der Waals surface area contributed by atoms with Gasteiger partial charge in [-0.1, -0.05) is 0 Å². The minimum Gasteiger partial charge on any atom is -0.394 e. The predicted molar refractivity (Wildman–Crippen MR) is 212 cm³/mol. The van der Waals surface area contributed by atoms with Crippen LogP contribution in [-0.2, 0) is 58.1 Å². The van der Waals surface area contributed by atoms with Gasteiger partial charge in [-0.3, -0.25) is 19.2 Å². The summed E-state index contributed by atoms with van der Waals surface area (Å²) < 4.78 is 49.6. The Morgan fingerprint density at radius 1 is 0.500 bits per heavy atom. The zero-order valence-electron chi connectivity index (χ0n) is 35.2. The molecule has 17 N–H and O–H groups in total. The summed E-state index contributed by atoms with van der Waals surface area (Å²) in [6.07, 6.45) is -40.9. The standard InChI is InChI=1S/C38H54O26S2/c1-10(43)35(55)27(51)22(47)16(6-39)61-31(35)14-5-15(32-36(56,11(2)44)28(52)23(48)17(7-40)62-32)26(66(59,60)65)21(34-38(58,13(4)46)30(54)25(50)19(9-42)64-34)20(14)33-37(57,12(3)45)29(53)24(49)18(8-41)63-33/h5,16-19,22-25,27-34,39-42,47-58H,6-9H2,1-4H3,(H,59,60,65)/t16-,17-,18-,19-,22+,23+,24+,25+,27+,28+,29+,30+,31+,32+,33+,34+,35-,36-,37-,38-/m1/s1. The quantitative estimate of drug-likeness (QED) is 0.0872. The van der Waals surface area contributed by atoms with Crippen LogP contribution in [0.2, 0.25) is 0 Å². The van der Waals surface area contributed by atoms with Crippen LogP contribution < -0.4 is 0 Å². The van der Waals surface area contributed by atoms with Crippen LogP contribution in [0.5, 0.6) is 0 Å². The number of ether oxygens (including phenoxy) is 4. The third-order valence-corrected chi connectivity index (χ3v) is 14.7. The van der Waals surface area contributed by atoms with E-state index < -0.39 is 206 Å². The van der Waals surface area contributed by atoms with Gasteiger partial charge < -0.3 is 105 Å². The fourth-order valence-corrected chi connectivity index (χ4v) is 10.8. The molecule has 66 heavy (non-hydrogen) atoms. The van der Waals surface area contributed by atoms with Crippen LogP contribution in [0.3, 0.4) is 0 Å². The third kappa shape index (κ3) is 8.00. The summed E-state index contributed by atoms with van der Waals surface area (Å²) in [5.41, 5.74) is -20.0. The Morgan fingerprint density at radius 2 is 0.742 bits per heavy atom. The van der Waals surface area contributed by atoms with Crippen LogP contribution in [0.25, 0.3) is 0 Å². The fourth-order valence-electron chi connectivity index (χ4n) is 9.28. The SMILES string of the molecule is CC(=O)[C@]1(O)[C@H](c2cc([C@@H]3O[C@H](CO)[C@H](O)[C@H](O)[C@]3(O)C(C)=O)c(S(=O)(O)=S)c([C@@H]3O[C@H](CO)[C@H](O)[C@H](O)[C@]3(O)C(C)=O)c2[C@@H]2O[C@H](CO)[C@H](O)[C@H](O)[C@]2(O)C(C)=O)O[C@H](CO)[C@H](O)[C@@H]1O. The lowest BCUT2D eigenvalue weighted by Crippen LogP contribution is -2.68. The molecule has 0 saturated carbocycles. The van der Waals surface area contributed by atoms with Gasteiger partial charge in [0.15, 0.2) is 54.3 Å². The molecule has 0 radical (unpaired) electrons. The number of carbonyl (C=O) groups excluding carboxylic acids is 4. The lowest BCUT2D eigenvalue weighted by Gasteiger charge is -2.53. The van der Waals surface area contributed by atoms with E-state index in [1.54, 1.807) is 0 Å². The molecule has 5 rings (SSSR count). The van der Waals surface area contributed by atoms with Crippen molar-refractivity contribution in [2.45, 2.75) is 153 Å². The summed E-state index contributed by atoms with van der Waals surface area (Å²) in [6, 6.07) is 0.408. The molecule has 374 valence electrons. The average Bonchev–Trinajstić information content (AvgIpc) is 3.25. The van der Waals surface area contributed by atoms with Crippen LogP contribution >= 0.6 is 0 Å². The van der Waals surface area contributed by atoms with Crippen LogP contribution in [0, 0.1) is 0 Å². The van der Waals surface area contributed by atoms with E-state index in [0.717, 1.165) is 0 Å². The van der Waals surface area contributed by atoms with E-state index in [1.165, 1.54) is 0 Å². The van der Waals surface area contributed by atoms with E-state index in [4.69, 9.17) is 30.1 Å². The topological polar surface area (TPSA) is 466 Å². The monoisotopic (exact) mass is 990 g/mol. The number of hydrogen-bond acceptors (Lipinski definition) is 26. The Hall–Kier alpha value is -2.57. The van der Waals surface area contributed by atoms with Gasteiger partial charge in [0.25, 0.3) is 0 Å². The van der Waals surface area contributed by atoms with Gasteiger partial charge in [0.2, 0.25) is 0 Å². The highest BCUT2D eigenvalue weighted by Gasteiger charge is 2.67. The Balaban J connectivity index is 2.24. The predicted octanol–water partition coefficient (Wildman–Crippen LogP) is -8.84. The van der Waals surface area contributed by atoms with Crippen LogP contribution in [-0.4, -0.2) is 236 Å². The third-order valence-electron chi connectivity index (χ3n) is 13.2. The molecule has 0 aliphatic carbocycles. The normalized spacial score (nSPS) is 45.2. The highest BCUT2D eigenvalue weighted by molar-refractivity contribution is 8.29. The first-order chi connectivity index (χ1) is 30.4. The molecule has 4 fully saturated rings. The van der Waals surface area contributed by atoms with Gasteiger partial charge in [-0.15, -0.1) is 0 Å². The van der Waals surface area contributed by atoms with Gasteiger partial charge in [-0.05, 0) is 44.9 Å². The molecule has 1 aromatic rings. The van der Waals surface area contributed by atoms with Crippen LogP contribution in [0.4, 0.5) is 0 Å². The van der Waals surface area contributed by atoms with Crippen LogP contribution in [0.15, 0.2) is 11.0 Å². The summed E-state index contributed by atoms with van der Waals surface area (Å²) in [7, 11) is -5.58. The van der Waals surface area contributed by atoms with Gasteiger partial charge in [-0.2, -0.15) is 0 Å². The van der Waals surface area contributed by atoms with Crippen molar-refractivity contribution in [3.05, 3.63) is 28.3 Å². The number of rotatable bonds is 13. The molecule has 28 heteroatoms. The number of aliphatic hydroxyl groups is 16. The minimum absolute atomic E-state index is 0.408. The van der Waals surface area contributed by atoms with Crippen molar-refractivity contribution in [2.24, 2.45) is 0 Å². The van der Waals surface area contributed by atoms with Gasteiger partial charge in [-0.25, -0.2) is 4.21 Å². The molecule has 26 nitrogen and oxygen atoms in total. The number of Topliss-reactive ketones (excluding diaryl/α,β-unsaturated/α-hetero) is 4. The van der Waals surface area contributed by atoms with E-state index in [2.05, 4.69) is 0 Å². The molecule has 4 saturated heterocycles. The second kappa shape index (κ2) is 19.0. The first-order valence-corrected chi connectivity index (χ1v) is 22.4. The molecule has 0 aromatic heterocycles. The van der Waals surface area contributed by atoms with Crippen molar-refractivity contribution in [1.82, 2.24) is 0 Å². The smallest absolute Gasteiger partial charge is 0.181 e. The molecule has 1 unspecified atom stereocenters. The number of hydrogen-bond donors (Lipinski definition) is 17. The largest absolute Gasteiger partial charge is 0.394 e. The molecule has 4 heterocycles. The van der Waals surface area contributed by atoms with Gasteiger partial charge in [0.1, 0.15) is 97.7 Å². The van der Waals surface area contributed by atoms with Crippen LogP contribution in [0.1, 0.15) is 74.4 Å². The van der Waals surface area contributed by atoms with Crippen molar-refractivity contribution in [2.75, 3.05) is 26.4 Å². The lowest BCUT2D eigenvalue weighted by molar-refractivity contribution is -0.277. The summed E-state index contributed by atoms with van der Waals surface area (Å²) in [5.74, 6) is -6.29. The van der Waals surface area contributed by atoms with Crippen molar-refractivity contribution < 1.29 is 129 Å². The maximum Gasteiger partial charge on any atom is 0.181 e. The minimum atomic E-state index is -5.58. The second-order valence-electron chi connectivity index (χ2n) is 16.9. The van der Waals surface area contributed by atoms with E-state index in [0.29, 0.717) is 33.8 Å². The Kier molecular flexibility index (Phi) is 15.6. The molecule has 0 amide bonds. The van der Waals surface area contributed by atoms with Gasteiger partial charge in [0, 0.05) is 22.3 Å². The van der Waals surface area contributed by atoms with Crippen molar-refractivity contribution in [1.29, 1.82) is 0 Å². The molecule has 1 aromatic carbocycles. The molecule has 4 aliphatic heterocycles. The number of aliphatic hydroxyl groups excluding tert-OH is 12. The van der Waals surface area contributed by atoms with Crippen molar-refractivity contribution in [3.63, 3.8) is 0 Å².